The molecule has 6 nitrogen and oxygen atoms in total. The highest BCUT2D eigenvalue weighted by Gasteiger charge is 2.17. The van der Waals surface area contributed by atoms with Crippen LogP contribution in [0.4, 0.5) is 0 Å². The van der Waals surface area contributed by atoms with Gasteiger partial charge >= 0.3 is 0 Å². The zero-order valence-corrected chi connectivity index (χ0v) is 15.0. The van der Waals surface area contributed by atoms with Gasteiger partial charge in [-0.05, 0) is 31.2 Å². The average molecular weight is 367 g/mol. The predicted octanol–water partition coefficient (Wildman–Crippen LogP) is 2.43. The Bertz CT molecular complexity index is 1270. The Labute approximate surface area is 150 Å². The van der Waals surface area contributed by atoms with E-state index in [2.05, 4.69) is 5.10 Å². The van der Waals surface area contributed by atoms with Gasteiger partial charge in [0.15, 0.2) is 9.84 Å². The molecule has 0 radical (unpaired) electrons. The number of hydrogen-bond donors (Lipinski definition) is 0. The molecule has 0 aliphatic rings. The quantitative estimate of drug-likeness (QED) is 0.555. The van der Waals surface area contributed by atoms with Crippen LogP contribution < -0.4 is 5.56 Å². The number of para-hydroxylation sites is 1. The zero-order chi connectivity index (χ0) is 18.3. The van der Waals surface area contributed by atoms with Crippen LogP contribution in [0.3, 0.4) is 0 Å². The first-order valence-corrected chi connectivity index (χ1v) is 9.88. The molecule has 0 bridgehead atoms. The molecule has 4 aromatic rings. The summed E-state index contributed by atoms with van der Waals surface area (Å²) in [4.78, 5) is 13.2. The van der Waals surface area contributed by atoms with Gasteiger partial charge in [0.1, 0.15) is 5.65 Å². The summed E-state index contributed by atoms with van der Waals surface area (Å²) in [6.07, 6.45) is 0. The van der Waals surface area contributed by atoms with Crippen LogP contribution >= 0.6 is 0 Å². The molecule has 0 N–H and O–H groups in total. The second-order valence-electron chi connectivity index (χ2n) is 6.16. The van der Waals surface area contributed by atoms with Crippen molar-refractivity contribution in [1.29, 1.82) is 0 Å². The fourth-order valence-corrected chi connectivity index (χ4v) is 4.35. The van der Waals surface area contributed by atoms with Crippen LogP contribution in [0.2, 0.25) is 0 Å². The van der Waals surface area contributed by atoms with Crippen LogP contribution in [-0.4, -0.2) is 28.4 Å². The molecule has 4 rings (SSSR count). The summed E-state index contributed by atoms with van der Waals surface area (Å²) < 4.78 is 28.4. The van der Waals surface area contributed by atoms with Crippen molar-refractivity contribution in [2.75, 3.05) is 5.75 Å². The normalized spacial score (nSPS) is 12.0. The number of hydrogen-bond acceptors (Lipinski definition) is 4. The molecule has 26 heavy (non-hydrogen) atoms. The molecule has 7 heteroatoms. The first kappa shape index (κ1) is 16.5. The van der Waals surface area contributed by atoms with Crippen molar-refractivity contribution in [1.82, 2.24) is 14.2 Å². The SMILES string of the molecule is Cc1cc2n(CCS(=O)(=O)c3ccccc3)c(=O)c3ccccc3n2n1. The van der Waals surface area contributed by atoms with Gasteiger partial charge in [-0.15, -0.1) is 0 Å². The summed E-state index contributed by atoms with van der Waals surface area (Å²) in [7, 11) is -3.48. The van der Waals surface area contributed by atoms with Crippen molar-refractivity contribution in [3.05, 3.63) is 76.7 Å². The summed E-state index contributed by atoms with van der Waals surface area (Å²) in [5, 5.41) is 4.97. The lowest BCUT2D eigenvalue weighted by Gasteiger charge is -2.11. The van der Waals surface area contributed by atoms with E-state index in [1.54, 1.807) is 53.0 Å². The topological polar surface area (TPSA) is 73.4 Å². The third-order valence-electron chi connectivity index (χ3n) is 4.38. The first-order chi connectivity index (χ1) is 12.5. The third kappa shape index (κ3) is 2.70. The highest BCUT2D eigenvalue weighted by molar-refractivity contribution is 7.91. The number of benzene rings is 2. The van der Waals surface area contributed by atoms with Crippen molar-refractivity contribution in [2.45, 2.75) is 18.4 Å². The lowest BCUT2D eigenvalue weighted by Crippen LogP contribution is -2.26. The van der Waals surface area contributed by atoms with E-state index in [9.17, 15) is 13.2 Å². The Morgan fingerprint density at radius 2 is 1.69 bits per heavy atom. The van der Waals surface area contributed by atoms with E-state index in [1.807, 2.05) is 19.1 Å². The van der Waals surface area contributed by atoms with E-state index in [1.165, 1.54) is 4.57 Å². The molecular weight excluding hydrogens is 350 g/mol. The average Bonchev–Trinajstić information content (AvgIpc) is 3.04. The molecule has 132 valence electrons. The Morgan fingerprint density at radius 1 is 1.00 bits per heavy atom. The van der Waals surface area contributed by atoms with Gasteiger partial charge < -0.3 is 0 Å². The number of aromatic nitrogens is 3. The number of nitrogens with zero attached hydrogens (tertiary/aromatic N) is 3. The summed E-state index contributed by atoms with van der Waals surface area (Å²) in [5.74, 6) is -0.158. The van der Waals surface area contributed by atoms with Crippen LogP contribution in [0.25, 0.3) is 16.6 Å². The number of fused-ring (bicyclic) bond motifs is 3. The van der Waals surface area contributed by atoms with E-state index >= 15 is 0 Å². The summed E-state index contributed by atoms with van der Waals surface area (Å²) >= 11 is 0. The number of aryl methyl sites for hydroxylation is 2. The number of sulfone groups is 1. The zero-order valence-electron chi connectivity index (χ0n) is 14.2. The van der Waals surface area contributed by atoms with E-state index in [4.69, 9.17) is 0 Å². The molecule has 0 aliphatic heterocycles. The van der Waals surface area contributed by atoms with Gasteiger partial charge in [0.05, 0.1) is 27.2 Å². The van der Waals surface area contributed by atoms with E-state index in [-0.39, 0.29) is 22.8 Å². The maximum atomic E-state index is 12.9. The molecule has 0 saturated heterocycles. The maximum Gasteiger partial charge on any atom is 0.261 e. The second kappa shape index (κ2) is 6.10. The van der Waals surface area contributed by atoms with Crippen LogP contribution in [0.1, 0.15) is 5.69 Å². The largest absolute Gasteiger partial charge is 0.291 e. The van der Waals surface area contributed by atoms with E-state index in [0.717, 1.165) is 5.69 Å². The smallest absolute Gasteiger partial charge is 0.261 e. The van der Waals surface area contributed by atoms with E-state index < -0.39 is 9.84 Å². The van der Waals surface area contributed by atoms with Gasteiger partial charge in [-0.3, -0.25) is 9.36 Å². The van der Waals surface area contributed by atoms with Gasteiger partial charge in [0.2, 0.25) is 0 Å². The summed E-state index contributed by atoms with van der Waals surface area (Å²) in [6, 6.07) is 17.3. The third-order valence-corrected chi connectivity index (χ3v) is 6.09. The monoisotopic (exact) mass is 367 g/mol. The fraction of sp³-hybridized carbons (Fsp3) is 0.158. The van der Waals surface area contributed by atoms with Crippen molar-refractivity contribution < 1.29 is 8.42 Å². The molecule has 0 aliphatic carbocycles. The molecule has 0 amide bonds. The van der Waals surface area contributed by atoms with Crippen LogP contribution in [0.5, 0.6) is 0 Å². The second-order valence-corrected chi connectivity index (χ2v) is 8.27. The minimum atomic E-state index is -3.48. The van der Waals surface area contributed by atoms with Crippen molar-refractivity contribution >= 4 is 26.4 Å². The number of rotatable bonds is 4. The molecule has 0 spiro atoms. The lowest BCUT2D eigenvalue weighted by atomic mass is 10.2. The summed E-state index contributed by atoms with van der Waals surface area (Å²) in [6.45, 7) is 1.91. The first-order valence-electron chi connectivity index (χ1n) is 8.23. The van der Waals surface area contributed by atoms with Gasteiger partial charge in [-0.1, -0.05) is 30.3 Å². The minimum Gasteiger partial charge on any atom is -0.291 e. The van der Waals surface area contributed by atoms with Crippen LogP contribution in [0.15, 0.2) is 70.4 Å². The van der Waals surface area contributed by atoms with Gasteiger partial charge in [-0.25, -0.2) is 12.9 Å². The Balaban J connectivity index is 1.84. The Hall–Kier alpha value is -2.93. The molecular formula is C19H17N3O3S. The van der Waals surface area contributed by atoms with Gasteiger partial charge in [0.25, 0.3) is 5.56 Å². The molecule has 0 unspecified atom stereocenters. The Morgan fingerprint density at radius 3 is 2.46 bits per heavy atom. The highest BCUT2D eigenvalue weighted by atomic mass is 32.2. The highest BCUT2D eigenvalue weighted by Crippen LogP contribution is 2.16. The van der Waals surface area contributed by atoms with Crippen molar-refractivity contribution in [3.63, 3.8) is 0 Å². The molecule has 2 aromatic heterocycles. The molecule has 0 atom stereocenters. The molecule has 0 fully saturated rings. The molecule has 2 heterocycles. The molecule has 2 aromatic carbocycles. The van der Waals surface area contributed by atoms with Crippen LogP contribution in [-0.2, 0) is 16.4 Å². The molecule has 0 saturated carbocycles. The van der Waals surface area contributed by atoms with E-state index in [0.29, 0.717) is 16.6 Å². The minimum absolute atomic E-state index is 0.0650. The van der Waals surface area contributed by atoms with Crippen molar-refractivity contribution in [3.8, 4) is 0 Å². The predicted molar refractivity (Wildman–Crippen MR) is 100 cm³/mol. The van der Waals surface area contributed by atoms with Gasteiger partial charge in [0, 0.05) is 12.6 Å². The van der Waals surface area contributed by atoms with Crippen LogP contribution in [0, 0.1) is 6.92 Å². The summed E-state index contributed by atoms with van der Waals surface area (Å²) in [5.41, 5.74) is 1.86. The maximum absolute atomic E-state index is 12.9. The van der Waals surface area contributed by atoms with Gasteiger partial charge in [-0.2, -0.15) is 5.10 Å². The fourth-order valence-electron chi connectivity index (χ4n) is 3.12. The van der Waals surface area contributed by atoms with Crippen molar-refractivity contribution in [2.24, 2.45) is 0 Å². The Kier molecular flexibility index (Phi) is 3.88. The standard InChI is InChI=1S/C19H17N3O3S/c1-14-13-18-21(11-12-26(24,25)15-7-3-2-4-8-15)19(23)16-9-5-6-10-17(16)22(18)20-14/h2-10,13H,11-12H2,1H3. The lowest BCUT2D eigenvalue weighted by molar-refractivity contribution is 0.588.